The van der Waals surface area contributed by atoms with E-state index in [1.54, 1.807) is 11.4 Å². The van der Waals surface area contributed by atoms with Gasteiger partial charge >= 0.3 is 5.97 Å². The van der Waals surface area contributed by atoms with Crippen LogP contribution in [0.4, 0.5) is 10.1 Å². The number of aromatic nitrogens is 1. The molecular formula is C11H9FN2O2S. The summed E-state index contributed by atoms with van der Waals surface area (Å²) in [6.07, 6.45) is 2.52. The normalized spacial score (nSPS) is 10.2. The molecule has 0 aliphatic heterocycles. The molecule has 17 heavy (non-hydrogen) atoms. The van der Waals surface area contributed by atoms with Crippen LogP contribution in [0.5, 0.6) is 0 Å². The largest absolute Gasteiger partial charge is 0.457 e. The Balaban J connectivity index is 1.99. The van der Waals surface area contributed by atoms with E-state index in [0.717, 1.165) is 6.20 Å². The van der Waals surface area contributed by atoms with Gasteiger partial charge in [0.15, 0.2) is 0 Å². The summed E-state index contributed by atoms with van der Waals surface area (Å²) in [6.45, 7) is -0.0269. The predicted octanol–water partition coefficient (Wildman–Crippen LogP) is 2.22. The standard InChI is InChI=1S/C11H9FN2O2S/c12-8-3-7(4-14-5-8)6-16-11(15)10-9(13)1-2-17-10/h1-5H,6,13H2. The quantitative estimate of drug-likeness (QED) is 0.851. The highest BCUT2D eigenvalue weighted by Gasteiger charge is 2.12. The number of nitrogens with zero attached hydrogens (tertiary/aromatic N) is 1. The van der Waals surface area contributed by atoms with Gasteiger partial charge in [-0.1, -0.05) is 0 Å². The number of nitrogen functional groups attached to an aromatic ring is 1. The van der Waals surface area contributed by atoms with Crippen molar-refractivity contribution in [3.05, 3.63) is 46.2 Å². The Morgan fingerprint density at radius 1 is 1.53 bits per heavy atom. The molecule has 4 nitrogen and oxygen atoms in total. The summed E-state index contributed by atoms with van der Waals surface area (Å²) in [5.74, 6) is -0.976. The van der Waals surface area contributed by atoms with E-state index in [0.29, 0.717) is 16.1 Å². The second-order valence-electron chi connectivity index (χ2n) is 3.29. The van der Waals surface area contributed by atoms with E-state index in [2.05, 4.69) is 4.98 Å². The average Bonchev–Trinajstić information content (AvgIpc) is 2.72. The van der Waals surface area contributed by atoms with E-state index in [1.165, 1.54) is 23.6 Å². The van der Waals surface area contributed by atoms with Crippen LogP contribution in [0.1, 0.15) is 15.2 Å². The zero-order valence-electron chi connectivity index (χ0n) is 8.72. The lowest BCUT2D eigenvalue weighted by Crippen LogP contribution is -2.05. The maximum Gasteiger partial charge on any atom is 0.350 e. The van der Waals surface area contributed by atoms with Crippen LogP contribution in [-0.2, 0) is 11.3 Å². The van der Waals surface area contributed by atoms with Crippen LogP contribution < -0.4 is 5.73 Å². The first-order valence-electron chi connectivity index (χ1n) is 4.76. The van der Waals surface area contributed by atoms with Gasteiger partial charge in [0.2, 0.25) is 0 Å². The van der Waals surface area contributed by atoms with Gasteiger partial charge in [-0.15, -0.1) is 11.3 Å². The highest BCUT2D eigenvalue weighted by molar-refractivity contribution is 7.12. The maximum absolute atomic E-state index is 12.8. The van der Waals surface area contributed by atoms with Gasteiger partial charge in [-0.05, 0) is 17.5 Å². The van der Waals surface area contributed by atoms with Gasteiger partial charge in [0.1, 0.15) is 17.3 Å². The van der Waals surface area contributed by atoms with Crippen molar-refractivity contribution in [3.63, 3.8) is 0 Å². The lowest BCUT2D eigenvalue weighted by atomic mass is 10.3. The molecule has 0 spiro atoms. The van der Waals surface area contributed by atoms with E-state index in [4.69, 9.17) is 10.5 Å². The van der Waals surface area contributed by atoms with Crippen molar-refractivity contribution in [2.24, 2.45) is 0 Å². The molecule has 2 aromatic heterocycles. The number of carbonyl (C=O) groups is 1. The first-order valence-corrected chi connectivity index (χ1v) is 5.64. The molecule has 2 N–H and O–H groups in total. The molecule has 0 saturated heterocycles. The Morgan fingerprint density at radius 2 is 2.35 bits per heavy atom. The van der Waals surface area contributed by atoms with Gasteiger partial charge in [-0.25, -0.2) is 9.18 Å². The third-order valence-electron chi connectivity index (χ3n) is 2.01. The van der Waals surface area contributed by atoms with Crippen LogP contribution in [0.15, 0.2) is 29.9 Å². The number of rotatable bonds is 3. The van der Waals surface area contributed by atoms with Crippen molar-refractivity contribution < 1.29 is 13.9 Å². The SMILES string of the molecule is Nc1ccsc1C(=O)OCc1cncc(F)c1. The Kier molecular flexibility index (Phi) is 3.34. The minimum Gasteiger partial charge on any atom is -0.457 e. The lowest BCUT2D eigenvalue weighted by molar-refractivity contribution is 0.0479. The van der Waals surface area contributed by atoms with Gasteiger partial charge in [0.25, 0.3) is 0 Å². The Morgan fingerprint density at radius 3 is 3.00 bits per heavy atom. The number of hydrogen-bond acceptors (Lipinski definition) is 5. The fraction of sp³-hybridized carbons (Fsp3) is 0.0909. The number of ether oxygens (including phenoxy) is 1. The summed E-state index contributed by atoms with van der Waals surface area (Å²) < 4.78 is 17.8. The third kappa shape index (κ3) is 2.79. The number of anilines is 1. The number of esters is 1. The summed E-state index contributed by atoms with van der Waals surface area (Å²) >= 11 is 1.21. The van der Waals surface area contributed by atoms with Crippen molar-refractivity contribution >= 4 is 23.0 Å². The van der Waals surface area contributed by atoms with Crippen LogP contribution >= 0.6 is 11.3 Å². The topological polar surface area (TPSA) is 65.2 Å². The van der Waals surface area contributed by atoms with Crippen LogP contribution in [0.2, 0.25) is 0 Å². The average molecular weight is 252 g/mol. The number of thiophene rings is 1. The molecule has 0 atom stereocenters. The van der Waals surface area contributed by atoms with E-state index in [9.17, 15) is 9.18 Å². The first kappa shape index (κ1) is 11.5. The number of nitrogens with two attached hydrogens (primary N) is 1. The number of hydrogen-bond donors (Lipinski definition) is 1. The van der Waals surface area contributed by atoms with Crippen molar-refractivity contribution in [2.75, 3.05) is 5.73 Å². The van der Waals surface area contributed by atoms with Crippen molar-refractivity contribution in [1.82, 2.24) is 4.98 Å². The summed E-state index contributed by atoms with van der Waals surface area (Å²) in [4.78, 5) is 15.6. The molecule has 0 aromatic carbocycles. The van der Waals surface area contributed by atoms with Crippen molar-refractivity contribution in [3.8, 4) is 0 Å². The number of halogens is 1. The molecule has 0 aliphatic carbocycles. The Hall–Kier alpha value is -1.95. The molecule has 2 rings (SSSR count). The first-order chi connectivity index (χ1) is 8.16. The van der Waals surface area contributed by atoms with E-state index >= 15 is 0 Å². The van der Waals surface area contributed by atoms with Crippen LogP contribution in [0.25, 0.3) is 0 Å². The second-order valence-corrected chi connectivity index (χ2v) is 4.21. The highest BCUT2D eigenvalue weighted by atomic mass is 32.1. The second kappa shape index (κ2) is 4.92. The van der Waals surface area contributed by atoms with Gasteiger partial charge in [0.05, 0.1) is 11.9 Å². The molecule has 0 fully saturated rings. The van der Waals surface area contributed by atoms with Gasteiger partial charge < -0.3 is 10.5 Å². The van der Waals surface area contributed by atoms with E-state index in [1.807, 2.05) is 0 Å². The maximum atomic E-state index is 12.8. The monoisotopic (exact) mass is 252 g/mol. The molecular weight excluding hydrogens is 243 g/mol. The van der Waals surface area contributed by atoms with E-state index < -0.39 is 11.8 Å². The Labute approximate surface area is 101 Å². The summed E-state index contributed by atoms with van der Waals surface area (Å²) in [5.41, 5.74) is 6.45. The molecule has 88 valence electrons. The predicted molar refractivity (Wildman–Crippen MR) is 62.0 cm³/mol. The molecule has 0 unspecified atom stereocenters. The highest BCUT2D eigenvalue weighted by Crippen LogP contribution is 2.20. The smallest absolute Gasteiger partial charge is 0.350 e. The van der Waals surface area contributed by atoms with Crippen LogP contribution in [0, 0.1) is 5.82 Å². The fourth-order valence-electron chi connectivity index (χ4n) is 1.23. The molecule has 0 bridgehead atoms. The van der Waals surface area contributed by atoms with Gasteiger partial charge in [-0.2, -0.15) is 0 Å². The van der Waals surface area contributed by atoms with Crippen LogP contribution in [-0.4, -0.2) is 11.0 Å². The minimum atomic E-state index is -0.512. The molecule has 0 aliphatic rings. The van der Waals surface area contributed by atoms with Crippen molar-refractivity contribution in [1.29, 1.82) is 0 Å². The molecule has 2 heterocycles. The summed E-state index contributed by atoms with van der Waals surface area (Å²) in [5, 5.41) is 1.70. The lowest BCUT2D eigenvalue weighted by Gasteiger charge is -2.03. The summed E-state index contributed by atoms with van der Waals surface area (Å²) in [7, 11) is 0. The molecule has 2 aromatic rings. The zero-order chi connectivity index (χ0) is 12.3. The molecule has 6 heteroatoms. The third-order valence-corrected chi connectivity index (χ3v) is 2.92. The zero-order valence-corrected chi connectivity index (χ0v) is 9.54. The fourth-order valence-corrected chi connectivity index (χ4v) is 1.94. The van der Waals surface area contributed by atoms with E-state index in [-0.39, 0.29) is 6.61 Å². The Bertz CT molecular complexity index is 542. The molecule has 0 saturated carbocycles. The molecule has 0 amide bonds. The summed E-state index contributed by atoms with van der Waals surface area (Å²) in [6, 6.07) is 2.89. The van der Waals surface area contributed by atoms with Crippen molar-refractivity contribution in [2.45, 2.75) is 6.61 Å². The van der Waals surface area contributed by atoms with Gasteiger partial charge in [-0.3, -0.25) is 4.98 Å². The number of pyridine rings is 1. The number of carbonyl (C=O) groups excluding carboxylic acids is 1. The van der Waals surface area contributed by atoms with Gasteiger partial charge in [0, 0.05) is 11.8 Å². The molecule has 0 radical (unpaired) electrons. The van der Waals surface area contributed by atoms with Crippen LogP contribution in [0.3, 0.4) is 0 Å². The minimum absolute atomic E-state index is 0.0269.